The van der Waals surface area contributed by atoms with Gasteiger partial charge in [-0.25, -0.2) is 14.4 Å². The summed E-state index contributed by atoms with van der Waals surface area (Å²) in [5, 5.41) is 3.42. The average Bonchev–Trinajstić information content (AvgIpc) is 2.28. The van der Waals surface area contributed by atoms with Gasteiger partial charge in [0, 0.05) is 23.2 Å². The van der Waals surface area contributed by atoms with E-state index < -0.39 is 0 Å². The number of benzene rings is 1. The smallest absolute Gasteiger partial charge is 0.129 e. The van der Waals surface area contributed by atoms with E-state index in [4.69, 9.17) is 11.6 Å². The number of hydrogen-bond donors (Lipinski definition) is 1. The van der Waals surface area contributed by atoms with Crippen molar-refractivity contribution in [3.05, 3.63) is 41.4 Å². The van der Waals surface area contributed by atoms with Crippen molar-refractivity contribution in [2.45, 2.75) is 6.92 Å². The van der Waals surface area contributed by atoms with Crippen LogP contribution in [0.25, 0.3) is 11.3 Å². The van der Waals surface area contributed by atoms with E-state index in [0.29, 0.717) is 22.1 Å². The first-order chi connectivity index (χ1) is 8.19. The first-order valence-corrected chi connectivity index (χ1v) is 5.59. The second-order valence-electron chi connectivity index (χ2n) is 3.48. The maximum atomic E-state index is 13.2. The predicted octanol–water partition coefficient (Wildman–Crippen LogP) is 3.37. The third-order valence-electron chi connectivity index (χ3n) is 2.18. The SMILES string of the molecule is CCNc1cc(-c2cc(F)cc(Cl)c2)ncn1. The van der Waals surface area contributed by atoms with E-state index in [-0.39, 0.29) is 5.82 Å². The fraction of sp³-hybridized carbons (Fsp3) is 0.167. The van der Waals surface area contributed by atoms with Crippen molar-refractivity contribution in [2.75, 3.05) is 11.9 Å². The Labute approximate surface area is 104 Å². The molecule has 1 aromatic heterocycles. The molecule has 0 atom stereocenters. The highest BCUT2D eigenvalue weighted by Gasteiger charge is 2.04. The highest BCUT2D eigenvalue weighted by Crippen LogP contribution is 2.23. The van der Waals surface area contributed by atoms with Gasteiger partial charge in [-0.1, -0.05) is 11.6 Å². The van der Waals surface area contributed by atoms with Gasteiger partial charge >= 0.3 is 0 Å². The second-order valence-corrected chi connectivity index (χ2v) is 3.91. The molecule has 1 aromatic carbocycles. The Hall–Kier alpha value is -1.68. The molecule has 88 valence electrons. The van der Waals surface area contributed by atoms with Crippen LogP contribution in [0.1, 0.15) is 6.92 Å². The summed E-state index contributed by atoms with van der Waals surface area (Å²) < 4.78 is 13.2. The van der Waals surface area contributed by atoms with Crippen molar-refractivity contribution in [1.29, 1.82) is 0 Å². The van der Waals surface area contributed by atoms with Crippen molar-refractivity contribution in [3.63, 3.8) is 0 Å². The van der Waals surface area contributed by atoms with Crippen molar-refractivity contribution in [3.8, 4) is 11.3 Å². The van der Waals surface area contributed by atoms with Crippen LogP contribution >= 0.6 is 11.6 Å². The zero-order valence-electron chi connectivity index (χ0n) is 9.24. The van der Waals surface area contributed by atoms with Crippen molar-refractivity contribution < 1.29 is 4.39 Å². The van der Waals surface area contributed by atoms with E-state index in [1.807, 2.05) is 6.92 Å². The molecule has 0 radical (unpaired) electrons. The molecule has 0 fully saturated rings. The van der Waals surface area contributed by atoms with Crippen LogP contribution in [-0.2, 0) is 0 Å². The van der Waals surface area contributed by atoms with Gasteiger partial charge in [0.2, 0.25) is 0 Å². The third-order valence-corrected chi connectivity index (χ3v) is 2.40. The molecule has 2 aromatic rings. The number of hydrogen-bond acceptors (Lipinski definition) is 3. The number of aromatic nitrogens is 2. The molecule has 0 saturated carbocycles. The summed E-state index contributed by atoms with van der Waals surface area (Å²) in [5.41, 5.74) is 1.27. The topological polar surface area (TPSA) is 37.8 Å². The molecule has 0 saturated heterocycles. The van der Waals surface area contributed by atoms with E-state index >= 15 is 0 Å². The molecule has 0 spiro atoms. The Bertz CT molecular complexity index is 511. The lowest BCUT2D eigenvalue weighted by Crippen LogP contribution is -2.00. The lowest BCUT2D eigenvalue weighted by atomic mass is 10.1. The normalized spacial score (nSPS) is 10.3. The summed E-state index contributed by atoms with van der Waals surface area (Å²) in [6.07, 6.45) is 1.44. The van der Waals surface area contributed by atoms with Gasteiger partial charge in [0.05, 0.1) is 5.69 Å². The van der Waals surface area contributed by atoms with Crippen molar-refractivity contribution in [1.82, 2.24) is 9.97 Å². The van der Waals surface area contributed by atoms with Crippen LogP contribution in [0.4, 0.5) is 10.2 Å². The third kappa shape index (κ3) is 2.91. The Kier molecular flexibility index (Phi) is 3.54. The fourth-order valence-electron chi connectivity index (χ4n) is 1.49. The van der Waals surface area contributed by atoms with Gasteiger partial charge < -0.3 is 5.32 Å². The molecule has 0 bridgehead atoms. The Morgan fingerprint density at radius 1 is 1.24 bits per heavy atom. The van der Waals surface area contributed by atoms with E-state index in [9.17, 15) is 4.39 Å². The Balaban J connectivity index is 2.41. The molecule has 17 heavy (non-hydrogen) atoms. The van der Waals surface area contributed by atoms with E-state index in [1.165, 1.54) is 18.5 Å². The van der Waals surface area contributed by atoms with Crippen molar-refractivity contribution in [2.24, 2.45) is 0 Å². The lowest BCUT2D eigenvalue weighted by molar-refractivity contribution is 0.628. The minimum absolute atomic E-state index is 0.351. The molecular formula is C12H11ClFN3. The molecule has 0 aliphatic carbocycles. The van der Waals surface area contributed by atoms with Gasteiger partial charge in [0.1, 0.15) is 18.0 Å². The molecule has 5 heteroatoms. The maximum Gasteiger partial charge on any atom is 0.129 e. The molecule has 0 aliphatic heterocycles. The van der Waals surface area contributed by atoms with Crippen LogP contribution in [0.5, 0.6) is 0 Å². The van der Waals surface area contributed by atoms with Crippen LogP contribution < -0.4 is 5.32 Å². The fourth-order valence-corrected chi connectivity index (χ4v) is 1.72. The first kappa shape index (κ1) is 11.8. The number of anilines is 1. The molecule has 3 nitrogen and oxygen atoms in total. The molecule has 1 heterocycles. The highest BCUT2D eigenvalue weighted by atomic mass is 35.5. The second kappa shape index (κ2) is 5.10. The Morgan fingerprint density at radius 2 is 2.06 bits per heavy atom. The Morgan fingerprint density at radius 3 is 2.76 bits per heavy atom. The summed E-state index contributed by atoms with van der Waals surface area (Å²) >= 11 is 5.80. The van der Waals surface area contributed by atoms with Crippen molar-refractivity contribution >= 4 is 17.4 Å². The summed E-state index contributed by atoms with van der Waals surface area (Å²) in [6, 6.07) is 6.08. The molecule has 0 amide bonds. The van der Waals surface area contributed by atoms with Crippen LogP contribution in [0.3, 0.4) is 0 Å². The number of halogens is 2. The van der Waals surface area contributed by atoms with Gasteiger partial charge in [-0.15, -0.1) is 0 Å². The van der Waals surface area contributed by atoms with E-state index in [1.54, 1.807) is 12.1 Å². The predicted molar refractivity (Wildman–Crippen MR) is 66.6 cm³/mol. The summed E-state index contributed by atoms with van der Waals surface area (Å²) in [7, 11) is 0. The van der Waals surface area contributed by atoms with Gasteiger partial charge in [-0.3, -0.25) is 0 Å². The minimum atomic E-state index is -0.379. The highest BCUT2D eigenvalue weighted by molar-refractivity contribution is 6.30. The number of nitrogens with zero attached hydrogens (tertiary/aromatic N) is 2. The van der Waals surface area contributed by atoms with Gasteiger partial charge in [-0.2, -0.15) is 0 Å². The molecule has 1 N–H and O–H groups in total. The largest absolute Gasteiger partial charge is 0.370 e. The average molecular weight is 252 g/mol. The van der Waals surface area contributed by atoms with Crippen LogP contribution in [0.15, 0.2) is 30.6 Å². The van der Waals surface area contributed by atoms with Crippen LogP contribution in [-0.4, -0.2) is 16.5 Å². The molecule has 0 unspecified atom stereocenters. The lowest BCUT2D eigenvalue weighted by Gasteiger charge is -2.05. The van der Waals surface area contributed by atoms with E-state index in [2.05, 4.69) is 15.3 Å². The summed E-state index contributed by atoms with van der Waals surface area (Å²) in [5.74, 6) is 0.328. The monoisotopic (exact) mass is 251 g/mol. The maximum absolute atomic E-state index is 13.2. The van der Waals surface area contributed by atoms with Crippen LogP contribution in [0, 0.1) is 5.82 Å². The number of rotatable bonds is 3. The minimum Gasteiger partial charge on any atom is -0.370 e. The van der Waals surface area contributed by atoms with Gasteiger partial charge in [-0.05, 0) is 25.1 Å². The molecule has 2 rings (SSSR count). The van der Waals surface area contributed by atoms with Crippen LogP contribution in [0.2, 0.25) is 5.02 Å². The summed E-state index contributed by atoms with van der Waals surface area (Å²) in [6.45, 7) is 2.74. The quantitative estimate of drug-likeness (QED) is 0.909. The van der Waals surface area contributed by atoms with E-state index in [0.717, 1.165) is 6.54 Å². The zero-order valence-corrected chi connectivity index (χ0v) is 10.0. The van der Waals surface area contributed by atoms with Gasteiger partial charge in [0.15, 0.2) is 0 Å². The number of nitrogens with one attached hydrogen (secondary N) is 1. The molecular weight excluding hydrogens is 241 g/mol. The molecule has 0 aliphatic rings. The van der Waals surface area contributed by atoms with Gasteiger partial charge in [0.25, 0.3) is 0 Å². The first-order valence-electron chi connectivity index (χ1n) is 5.21. The standard InChI is InChI=1S/C12H11ClFN3/c1-2-15-12-6-11(16-7-17-12)8-3-9(13)5-10(14)4-8/h3-7H,2H2,1H3,(H,15,16,17). The summed E-state index contributed by atoms with van der Waals surface area (Å²) in [4.78, 5) is 8.15. The zero-order chi connectivity index (χ0) is 12.3.